The van der Waals surface area contributed by atoms with Crippen molar-refractivity contribution >= 4 is 26.6 Å². The largest absolute Gasteiger partial charge is 0.361 e. The maximum atomic E-state index is 12.1. The Morgan fingerprint density at radius 2 is 2.16 bits per heavy atom. The summed E-state index contributed by atoms with van der Waals surface area (Å²) >= 11 is 0. The van der Waals surface area contributed by atoms with Gasteiger partial charge in [-0.15, -0.1) is 0 Å². The van der Waals surface area contributed by atoms with Crippen LogP contribution in [0, 0.1) is 0 Å². The van der Waals surface area contributed by atoms with Crippen molar-refractivity contribution in [3.63, 3.8) is 0 Å². The van der Waals surface area contributed by atoms with Crippen LogP contribution in [0.15, 0.2) is 30.5 Å². The number of benzene rings is 1. The highest BCUT2D eigenvalue weighted by atomic mass is 32.2. The molecule has 1 aliphatic heterocycles. The Morgan fingerprint density at radius 1 is 1.32 bits per heavy atom. The van der Waals surface area contributed by atoms with Crippen LogP contribution in [0.4, 0.5) is 0 Å². The highest BCUT2D eigenvalue weighted by molar-refractivity contribution is 7.91. The van der Waals surface area contributed by atoms with Crippen LogP contribution in [-0.2, 0) is 9.84 Å². The topological polar surface area (TPSA) is 79.0 Å². The fourth-order valence-electron chi connectivity index (χ4n) is 2.37. The summed E-state index contributed by atoms with van der Waals surface area (Å²) in [5.74, 6) is -0.0181. The number of H-pyrrole nitrogens is 1. The first-order chi connectivity index (χ1) is 9.03. The number of rotatable bonds is 2. The van der Waals surface area contributed by atoms with E-state index in [0.29, 0.717) is 12.0 Å². The summed E-state index contributed by atoms with van der Waals surface area (Å²) in [5.41, 5.74) is 1.44. The van der Waals surface area contributed by atoms with Gasteiger partial charge in [-0.3, -0.25) is 4.79 Å². The molecule has 3 rings (SSSR count). The molecule has 1 amide bonds. The third-order valence-electron chi connectivity index (χ3n) is 3.38. The van der Waals surface area contributed by atoms with Gasteiger partial charge >= 0.3 is 0 Å². The number of fused-ring (bicyclic) bond motifs is 1. The molecule has 6 heteroatoms. The van der Waals surface area contributed by atoms with E-state index >= 15 is 0 Å². The van der Waals surface area contributed by atoms with Crippen molar-refractivity contribution in [1.29, 1.82) is 0 Å². The second-order valence-corrected chi connectivity index (χ2v) is 7.08. The van der Waals surface area contributed by atoms with Crippen molar-refractivity contribution in [2.75, 3.05) is 11.5 Å². The lowest BCUT2D eigenvalue weighted by Crippen LogP contribution is -2.35. The number of nitrogens with one attached hydrogen (secondary N) is 2. The van der Waals surface area contributed by atoms with E-state index in [0.717, 1.165) is 10.9 Å². The van der Waals surface area contributed by atoms with E-state index in [1.54, 1.807) is 12.1 Å². The molecule has 0 unspecified atom stereocenters. The Bertz CT molecular complexity index is 733. The zero-order valence-corrected chi connectivity index (χ0v) is 11.0. The highest BCUT2D eigenvalue weighted by Crippen LogP contribution is 2.16. The van der Waals surface area contributed by atoms with Crippen molar-refractivity contribution < 1.29 is 13.2 Å². The lowest BCUT2D eigenvalue weighted by Gasteiger charge is -2.10. The SMILES string of the molecule is O=C(N[C@@H]1CCS(=O)(=O)C1)c1ccc2cc[nH]c2c1. The summed E-state index contributed by atoms with van der Waals surface area (Å²) in [5, 5.41) is 3.82. The fraction of sp³-hybridized carbons (Fsp3) is 0.308. The van der Waals surface area contributed by atoms with E-state index in [1.165, 1.54) is 0 Å². The molecule has 1 aromatic carbocycles. The number of amides is 1. The van der Waals surface area contributed by atoms with Crippen LogP contribution < -0.4 is 5.32 Å². The second kappa shape index (κ2) is 4.38. The lowest BCUT2D eigenvalue weighted by atomic mass is 10.1. The van der Waals surface area contributed by atoms with Crippen molar-refractivity contribution in [3.05, 3.63) is 36.0 Å². The molecule has 0 aliphatic carbocycles. The molecular weight excluding hydrogens is 264 g/mol. The molecule has 1 atom stereocenters. The summed E-state index contributed by atoms with van der Waals surface area (Å²) in [4.78, 5) is 15.1. The molecule has 5 nitrogen and oxygen atoms in total. The van der Waals surface area contributed by atoms with Gasteiger partial charge in [0.25, 0.3) is 5.91 Å². The van der Waals surface area contributed by atoms with E-state index in [9.17, 15) is 13.2 Å². The Hall–Kier alpha value is -1.82. The van der Waals surface area contributed by atoms with Crippen LogP contribution in [0.1, 0.15) is 16.8 Å². The van der Waals surface area contributed by atoms with Crippen molar-refractivity contribution in [3.8, 4) is 0 Å². The van der Waals surface area contributed by atoms with E-state index in [4.69, 9.17) is 0 Å². The average molecular weight is 278 g/mol. The second-order valence-electron chi connectivity index (χ2n) is 4.85. The van der Waals surface area contributed by atoms with Crippen LogP contribution in [-0.4, -0.2) is 36.9 Å². The van der Waals surface area contributed by atoms with E-state index < -0.39 is 9.84 Å². The summed E-state index contributed by atoms with van der Waals surface area (Å²) in [6.45, 7) is 0. The molecule has 2 N–H and O–H groups in total. The molecule has 100 valence electrons. The molecule has 1 saturated heterocycles. The molecule has 2 heterocycles. The number of carbonyl (C=O) groups is 1. The maximum absolute atomic E-state index is 12.1. The molecule has 1 aromatic heterocycles. The molecule has 0 saturated carbocycles. The third-order valence-corrected chi connectivity index (χ3v) is 5.15. The van der Waals surface area contributed by atoms with Gasteiger partial charge in [-0.2, -0.15) is 0 Å². The predicted octanol–water partition coefficient (Wildman–Crippen LogP) is 1.08. The summed E-state index contributed by atoms with van der Waals surface area (Å²) in [6.07, 6.45) is 2.31. The Kier molecular flexibility index (Phi) is 2.82. The smallest absolute Gasteiger partial charge is 0.251 e. The van der Waals surface area contributed by atoms with E-state index in [-0.39, 0.29) is 23.5 Å². The molecule has 0 radical (unpaired) electrons. The van der Waals surface area contributed by atoms with Crippen LogP contribution in [0.2, 0.25) is 0 Å². The van der Waals surface area contributed by atoms with E-state index in [1.807, 2.05) is 18.3 Å². The number of carbonyl (C=O) groups excluding carboxylic acids is 1. The summed E-state index contributed by atoms with van der Waals surface area (Å²) < 4.78 is 22.7. The third kappa shape index (κ3) is 2.49. The first kappa shape index (κ1) is 12.2. The highest BCUT2D eigenvalue weighted by Gasteiger charge is 2.29. The van der Waals surface area contributed by atoms with E-state index in [2.05, 4.69) is 10.3 Å². The number of hydrogen-bond acceptors (Lipinski definition) is 3. The molecule has 0 bridgehead atoms. The molecule has 1 aliphatic rings. The number of aromatic amines is 1. The minimum atomic E-state index is -2.97. The van der Waals surface area contributed by atoms with Gasteiger partial charge in [-0.05, 0) is 30.0 Å². The van der Waals surface area contributed by atoms with Crippen LogP contribution in [0.5, 0.6) is 0 Å². The molecule has 0 spiro atoms. The zero-order valence-electron chi connectivity index (χ0n) is 10.2. The van der Waals surface area contributed by atoms with Gasteiger partial charge in [-0.25, -0.2) is 8.42 Å². The van der Waals surface area contributed by atoms with Gasteiger partial charge in [0, 0.05) is 23.3 Å². The van der Waals surface area contributed by atoms with Gasteiger partial charge < -0.3 is 10.3 Å². The van der Waals surface area contributed by atoms with Crippen molar-refractivity contribution in [1.82, 2.24) is 10.3 Å². The first-order valence-electron chi connectivity index (χ1n) is 6.12. The predicted molar refractivity (Wildman–Crippen MR) is 72.8 cm³/mol. The lowest BCUT2D eigenvalue weighted by molar-refractivity contribution is 0.0941. The Morgan fingerprint density at radius 3 is 2.89 bits per heavy atom. The van der Waals surface area contributed by atoms with Crippen LogP contribution >= 0.6 is 0 Å². The van der Waals surface area contributed by atoms with Gasteiger partial charge in [0.1, 0.15) is 0 Å². The normalized spacial score (nSPS) is 21.6. The number of hydrogen-bond donors (Lipinski definition) is 2. The molecular formula is C13H14N2O3S. The van der Waals surface area contributed by atoms with Crippen molar-refractivity contribution in [2.45, 2.75) is 12.5 Å². The van der Waals surface area contributed by atoms with Gasteiger partial charge in [0.15, 0.2) is 9.84 Å². The van der Waals surface area contributed by atoms with Crippen LogP contribution in [0.3, 0.4) is 0 Å². The fourth-order valence-corrected chi connectivity index (χ4v) is 4.04. The van der Waals surface area contributed by atoms with Gasteiger partial charge in [-0.1, -0.05) is 6.07 Å². The quantitative estimate of drug-likeness (QED) is 0.863. The van der Waals surface area contributed by atoms with Gasteiger partial charge in [0.05, 0.1) is 11.5 Å². The standard InChI is InChI=1S/C13H14N2O3S/c16-13(15-11-4-6-19(17,18)8-11)10-2-1-9-3-5-14-12(9)7-10/h1-3,5,7,11,14H,4,6,8H2,(H,15,16)/t11-/m1/s1. The summed E-state index contributed by atoms with van der Waals surface area (Å²) in [6, 6.07) is 7.05. The number of sulfone groups is 1. The average Bonchev–Trinajstić information content (AvgIpc) is 2.94. The first-order valence-corrected chi connectivity index (χ1v) is 7.94. The number of aromatic nitrogens is 1. The molecule has 1 fully saturated rings. The van der Waals surface area contributed by atoms with Crippen molar-refractivity contribution in [2.24, 2.45) is 0 Å². The minimum Gasteiger partial charge on any atom is -0.361 e. The summed E-state index contributed by atoms with van der Waals surface area (Å²) in [7, 11) is -2.97. The Balaban J connectivity index is 1.76. The monoisotopic (exact) mass is 278 g/mol. The van der Waals surface area contributed by atoms with Crippen LogP contribution in [0.25, 0.3) is 10.9 Å². The molecule has 19 heavy (non-hydrogen) atoms. The maximum Gasteiger partial charge on any atom is 0.251 e. The minimum absolute atomic E-state index is 0.0451. The molecule has 2 aromatic rings. The zero-order chi connectivity index (χ0) is 13.5. The Labute approximate surface area is 110 Å². The van der Waals surface area contributed by atoms with Gasteiger partial charge in [0.2, 0.25) is 0 Å².